The first-order valence-electron chi connectivity index (χ1n) is 4.97. The van der Waals surface area contributed by atoms with Crippen LogP contribution in [0.25, 0.3) is 0 Å². The number of amides is 1. The van der Waals surface area contributed by atoms with Gasteiger partial charge in [-0.05, 0) is 13.8 Å². The highest BCUT2D eigenvalue weighted by molar-refractivity contribution is 7.09. The molecule has 0 saturated carbocycles. The van der Waals surface area contributed by atoms with Gasteiger partial charge in [0.2, 0.25) is 5.91 Å². The maximum atomic E-state index is 11.5. The predicted molar refractivity (Wildman–Crippen MR) is 76.1 cm³/mol. The largest absolute Gasteiger partial charge is 0.348 e. The second-order valence-electron chi connectivity index (χ2n) is 3.66. The lowest BCUT2D eigenvalue weighted by atomic mass is 10.1. The van der Waals surface area contributed by atoms with E-state index in [1.807, 2.05) is 26.2 Å². The fraction of sp³-hybridized carbons (Fsp3) is 0.600. The Hall–Kier alpha value is -0.360. The third kappa shape index (κ3) is 5.68. The van der Waals surface area contributed by atoms with Crippen LogP contribution in [0.4, 0.5) is 0 Å². The SMILES string of the molecule is Cc1nc(C(C)NC(=O)C(C)CN)cs1.Cl.Cl. The molecule has 1 aromatic heterocycles. The molecule has 0 aliphatic carbocycles. The molecule has 0 bridgehead atoms. The number of halogens is 2. The Morgan fingerprint density at radius 3 is 2.53 bits per heavy atom. The summed E-state index contributed by atoms with van der Waals surface area (Å²) in [6.07, 6.45) is 0. The molecule has 7 heteroatoms. The van der Waals surface area contributed by atoms with Crippen molar-refractivity contribution in [2.75, 3.05) is 6.54 Å². The van der Waals surface area contributed by atoms with E-state index in [1.165, 1.54) is 0 Å². The number of aryl methyl sites for hydroxylation is 1. The standard InChI is InChI=1S/C10H17N3OS.2ClH/c1-6(4-11)10(14)12-7(2)9-5-15-8(3)13-9;;/h5-7H,4,11H2,1-3H3,(H,12,14);2*1H. The summed E-state index contributed by atoms with van der Waals surface area (Å²) < 4.78 is 0. The van der Waals surface area contributed by atoms with Crippen LogP contribution >= 0.6 is 36.2 Å². The zero-order chi connectivity index (χ0) is 11.4. The molecule has 1 heterocycles. The van der Waals surface area contributed by atoms with Crippen molar-refractivity contribution in [2.45, 2.75) is 26.8 Å². The Balaban J connectivity index is 0. The van der Waals surface area contributed by atoms with E-state index in [2.05, 4.69) is 10.3 Å². The molecule has 2 unspecified atom stereocenters. The summed E-state index contributed by atoms with van der Waals surface area (Å²) in [6, 6.07) is -0.0450. The van der Waals surface area contributed by atoms with Crippen molar-refractivity contribution in [3.63, 3.8) is 0 Å². The molecular weight excluding hydrogens is 281 g/mol. The maximum absolute atomic E-state index is 11.5. The zero-order valence-electron chi connectivity index (χ0n) is 10.1. The molecule has 0 aromatic carbocycles. The van der Waals surface area contributed by atoms with Crippen LogP contribution in [0, 0.1) is 12.8 Å². The summed E-state index contributed by atoms with van der Waals surface area (Å²) in [7, 11) is 0. The van der Waals surface area contributed by atoms with Crippen molar-refractivity contribution in [3.8, 4) is 0 Å². The van der Waals surface area contributed by atoms with E-state index in [0.717, 1.165) is 10.7 Å². The van der Waals surface area contributed by atoms with Gasteiger partial charge >= 0.3 is 0 Å². The van der Waals surface area contributed by atoms with Crippen LogP contribution in [0.3, 0.4) is 0 Å². The first-order valence-corrected chi connectivity index (χ1v) is 5.85. The average Bonchev–Trinajstić information content (AvgIpc) is 2.63. The minimum absolute atomic E-state index is 0. The van der Waals surface area contributed by atoms with Crippen LogP contribution < -0.4 is 11.1 Å². The number of thiazole rings is 1. The number of rotatable bonds is 4. The van der Waals surface area contributed by atoms with E-state index in [4.69, 9.17) is 5.73 Å². The lowest BCUT2D eigenvalue weighted by Crippen LogP contribution is -2.35. The van der Waals surface area contributed by atoms with E-state index in [0.29, 0.717) is 6.54 Å². The molecule has 0 radical (unpaired) electrons. The molecule has 1 aromatic rings. The lowest BCUT2D eigenvalue weighted by molar-refractivity contribution is -0.124. The third-order valence-electron chi connectivity index (χ3n) is 2.24. The number of hydrogen-bond donors (Lipinski definition) is 2. The van der Waals surface area contributed by atoms with Crippen LogP contribution in [-0.4, -0.2) is 17.4 Å². The fourth-order valence-electron chi connectivity index (χ4n) is 1.12. The van der Waals surface area contributed by atoms with E-state index in [1.54, 1.807) is 11.3 Å². The highest BCUT2D eigenvalue weighted by Gasteiger charge is 2.15. The van der Waals surface area contributed by atoms with Crippen molar-refractivity contribution < 1.29 is 4.79 Å². The number of nitrogens with two attached hydrogens (primary N) is 1. The molecule has 1 amide bonds. The predicted octanol–water partition coefficient (Wildman–Crippen LogP) is 2.07. The molecule has 100 valence electrons. The number of nitrogens with zero attached hydrogens (tertiary/aromatic N) is 1. The van der Waals surface area contributed by atoms with Gasteiger partial charge in [-0.15, -0.1) is 36.2 Å². The average molecular weight is 300 g/mol. The van der Waals surface area contributed by atoms with Crippen molar-refractivity contribution in [1.29, 1.82) is 0 Å². The molecule has 17 heavy (non-hydrogen) atoms. The van der Waals surface area contributed by atoms with Gasteiger partial charge in [0, 0.05) is 17.8 Å². The Morgan fingerprint density at radius 1 is 1.53 bits per heavy atom. The second-order valence-corrected chi connectivity index (χ2v) is 4.72. The summed E-state index contributed by atoms with van der Waals surface area (Å²) in [6.45, 7) is 6.06. The van der Waals surface area contributed by atoms with Gasteiger partial charge in [0.05, 0.1) is 16.7 Å². The van der Waals surface area contributed by atoms with Crippen molar-refractivity contribution >= 4 is 42.1 Å². The number of nitrogens with one attached hydrogen (secondary N) is 1. The van der Waals surface area contributed by atoms with Crippen LogP contribution in [0.5, 0.6) is 0 Å². The highest BCUT2D eigenvalue weighted by Crippen LogP contribution is 2.15. The monoisotopic (exact) mass is 299 g/mol. The zero-order valence-corrected chi connectivity index (χ0v) is 12.5. The van der Waals surface area contributed by atoms with Crippen LogP contribution in [-0.2, 0) is 4.79 Å². The van der Waals surface area contributed by atoms with E-state index < -0.39 is 0 Å². The minimum atomic E-state index is -0.146. The molecule has 4 nitrogen and oxygen atoms in total. The normalized spacial score (nSPS) is 12.9. The number of carbonyl (C=O) groups excluding carboxylic acids is 1. The number of aromatic nitrogens is 1. The Bertz CT molecular complexity index is 346. The maximum Gasteiger partial charge on any atom is 0.224 e. The summed E-state index contributed by atoms with van der Waals surface area (Å²) >= 11 is 1.59. The summed E-state index contributed by atoms with van der Waals surface area (Å²) in [5.74, 6) is -0.164. The molecule has 0 aliphatic heterocycles. The van der Waals surface area contributed by atoms with Gasteiger partial charge in [-0.1, -0.05) is 6.92 Å². The highest BCUT2D eigenvalue weighted by atomic mass is 35.5. The Morgan fingerprint density at radius 2 is 2.12 bits per heavy atom. The third-order valence-corrected chi connectivity index (χ3v) is 3.03. The van der Waals surface area contributed by atoms with Gasteiger partial charge in [-0.3, -0.25) is 4.79 Å². The van der Waals surface area contributed by atoms with Crippen LogP contribution in [0.2, 0.25) is 0 Å². The summed E-state index contributed by atoms with van der Waals surface area (Å²) in [5, 5.41) is 5.86. The second kappa shape index (κ2) is 8.69. The van der Waals surface area contributed by atoms with Gasteiger partial charge < -0.3 is 11.1 Å². The quantitative estimate of drug-likeness (QED) is 0.894. The molecule has 0 saturated heterocycles. The lowest BCUT2D eigenvalue weighted by Gasteiger charge is -2.14. The van der Waals surface area contributed by atoms with Gasteiger partial charge in [-0.25, -0.2) is 4.98 Å². The smallest absolute Gasteiger partial charge is 0.224 e. The topological polar surface area (TPSA) is 68.0 Å². The Labute approximate surface area is 118 Å². The molecule has 1 rings (SSSR count). The van der Waals surface area contributed by atoms with Gasteiger partial charge in [0.1, 0.15) is 0 Å². The summed E-state index contributed by atoms with van der Waals surface area (Å²) in [5.41, 5.74) is 6.33. The number of hydrogen-bond acceptors (Lipinski definition) is 4. The minimum Gasteiger partial charge on any atom is -0.348 e. The molecule has 0 aliphatic rings. The fourth-order valence-corrected chi connectivity index (χ4v) is 1.82. The first-order chi connectivity index (χ1) is 7.04. The first kappa shape index (κ1) is 19.0. The molecule has 0 fully saturated rings. The molecule has 0 spiro atoms. The number of carbonyl (C=O) groups is 1. The van der Waals surface area contributed by atoms with Gasteiger partial charge in [0.25, 0.3) is 0 Å². The van der Waals surface area contributed by atoms with Gasteiger partial charge in [0.15, 0.2) is 0 Å². The van der Waals surface area contributed by atoms with Crippen LogP contribution in [0.15, 0.2) is 5.38 Å². The Kier molecular flexibility index (Phi) is 9.71. The van der Waals surface area contributed by atoms with E-state index in [9.17, 15) is 4.79 Å². The van der Waals surface area contributed by atoms with Gasteiger partial charge in [-0.2, -0.15) is 0 Å². The molecule has 3 N–H and O–H groups in total. The van der Waals surface area contributed by atoms with Crippen LogP contribution in [0.1, 0.15) is 30.6 Å². The summed E-state index contributed by atoms with van der Waals surface area (Å²) in [4.78, 5) is 15.9. The van der Waals surface area contributed by atoms with Crippen molar-refractivity contribution in [3.05, 3.63) is 16.1 Å². The molecular formula is C10H19Cl2N3OS. The van der Waals surface area contributed by atoms with Crippen molar-refractivity contribution in [2.24, 2.45) is 11.7 Å². The molecule has 2 atom stereocenters. The van der Waals surface area contributed by atoms with E-state index in [-0.39, 0.29) is 42.7 Å². The van der Waals surface area contributed by atoms with Crippen molar-refractivity contribution in [1.82, 2.24) is 10.3 Å². The van der Waals surface area contributed by atoms with E-state index >= 15 is 0 Å².